The Balaban J connectivity index is 1.44. The minimum Gasteiger partial charge on any atom is -0.235 e. The number of rotatable bonds is 3. The van der Waals surface area contributed by atoms with Crippen LogP contribution in [0.1, 0.15) is 53.7 Å². The summed E-state index contributed by atoms with van der Waals surface area (Å²) in [4.78, 5) is 4.45. The predicted molar refractivity (Wildman–Crippen MR) is 81.5 cm³/mol. The normalized spacial score (nSPS) is 24.4. The van der Waals surface area contributed by atoms with Crippen molar-refractivity contribution in [1.29, 1.82) is 0 Å². The van der Waals surface area contributed by atoms with Crippen LogP contribution in [-0.2, 0) is 0 Å². The van der Waals surface area contributed by atoms with Gasteiger partial charge in [-0.3, -0.25) is 0 Å². The van der Waals surface area contributed by atoms with Crippen LogP contribution in [0.4, 0.5) is 0 Å². The molecule has 104 valence electrons. The summed E-state index contributed by atoms with van der Waals surface area (Å²) in [6.07, 6.45) is 9.61. The molecule has 0 aliphatic heterocycles. The third-order valence-corrected chi connectivity index (χ3v) is 4.93. The summed E-state index contributed by atoms with van der Waals surface area (Å²) in [5.41, 5.74) is 5.35. The molecule has 2 saturated carbocycles. The van der Waals surface area contributed by atoms with Crippen LogP contribution >= 0.6 is 0 Å². The topological polar surface area (TPSA) is 30.2 Å². The molecular weight excluding hydrogens is 258 g/mol. The van der Waals surface area contributed by atoms with Gasteiger partial charge in [0.25, 0.3) is 0 Å². The van der Waals surface area contributed by atoms with Crippen molar-refractivity contribution in [3.63, 3.8) is 0 Å². The van der Waals surface area contributed by atoms with E-state index in [-0.39, 0.29) is 0 Å². The SMILES string of the molecule is c1cn2nccc([C@H]3C[C@@H]3c3ccc(C4CC4)cc3)c2n1. The van der Waals surface area contributed by atoms with E-state index in [0.29, 0.717) is 11.8 Å². The zero-order valence-electron chi connectivity index (χ0n) is 11.8. The van der Waals surface area contributed by atoms with Gasteiger partial charge in [-0.1, -0.05) is 24.3 Å². The highest BCUT2D eigenvalue weighted by Crippen LogP contribution is 2.55. The van der Waals surface area contributed by atoms with Gasteiger partial charge in [-0.25, -0.2) is 9.50 Å². The van der Waals surface area contributed by atoms with Crippen LogP contribution in [0.25, 0.3) is 5.65 Å². The van der Waals surface area contributed by atoms with Gasteiger partial charge in [-0.05, 0) is 54.2 Å². The molecule has 5 rings (SSSR count). The molecule has 2 aliphatic rings. The van der Waals surface area contributed by atoms with Crippen molar-refractivity contribution in [3.05, 3.63) is 65.6 Å². The summed E-state index contributed by atoms with van der Waals surface area (Å²) in [6, 6.07) is 11.5. The lowest BCUT2D eigenvalue weighted by Gasteiger charge is -2.04. The molecule has 3 aromatic rings. The van der Waals surface area contributed by atoms with Crippen molar-refractivity contribution in [2.45, 2.75) is 37.0 Å². The molecule has 0 unspecified atom stereocenters. The maximum absolute atomic E-state index is 4.45. The fraction of sp³-hybridized carbons (Fsp3) is 0.333. The van der Waals surface area contributed by atoms with Gasteiger partial charge < -0.3 is 0 Å². The fourth-order valence-corrected chi connectivity index (χ4v) is 3.49. The maximum Gasteiger partial charge on any atom is 0.156 e. The lowest BCUT2D eigenvalue weighted by molar-refractivity contribution is 0.905. The van der Waals surface area contributed by atoms with Crippen LogP contribution in [0, 0.1) is 0 Å². The molecule has 0 N–H and O–H groups in total. The number of imidazole rings is 1. The van der Waals surface area contributed by atoms with Crippen LogP contribution in [0.2, 0.25) is 0 Å². The first-order valence-corrected chi connectivity index (χ1v) is 7.78. The third-order valence-electron chi connectivity index (χ3n) is 4.93. The van der Waals surface area contributed by atoms with E-state index in [9.17, 15) is 0 Å². The van der Waals surface area contributed by atoms with Gasteiger partial charge >= 0.3 is 0 Å². The molecule has 3 nitrogen and oxygen atoms in total. The average molecular weight is 275 g/mol. The molecule has 2 fully saturated rings. The molecule has 1 aromatic carbocycles. The summed E-state index contributed by atoms with van der Waals surface area (Å²) in [7, 11) is 0. The van der Waals surface area contributed by atoms with Crippen LogP contribution in [0.15, 0.2) is 48.9 Å². The van der Waals surface area contributed by atoms with Gasteiger partial charge in [0.2, 0.25) is 0 Å². The van der Waals surface area contributed by atoms with Gasteiger partial charge in [0, 0.05) is 24.2 Å². The second-order valence-corrected chi connectivity index (χ2v) is 6.37. The molecule has 21 heavy (non-hydrogen) atoms. The van der Waals surface area contributed by atoms with Gasteiger partial charge in [0.15, 0.2) is 5.65 Å². The molecule has 0 bridgehead atoms. The summed E-state index contributed by atoms with van der Waals surface area (Å²) >= 11 is 0. The minimum atomic E-state index is 0.602. The molecular formula is C18H17N3. The van der Waals surface area contributed by atoms with E-state index in [1.807, 2.05) is 23.1 Å². The monoisotopic (exact) mass is 275 g/mol. The maximum atomic E-state index is 4.45. The molecule has 2 atom stereocenters. The van der Waals surface area contributed by atoms with E-state index < -0.39 is 0 Å². The van der Waals surface area contributed by atoms with E-state index in [1.165, 1.54) is 36.0 Å². The summed E-state index contributed by atoms with van der Waals surface area (Å²) < 4.78 is 1.88. The molecule has 0 amide bonds. The lowest BCUT2D eigenvalue weighted by atomic mass is 10.0. The van der Waals surface area contributed by atoms with E-state index >= 15 is 0 Å². The zero-order valence-corrected chi connectivity index (χ0v) is 11.8. The van der Waals surface area contributed by atoms with E-state index in [4.69, 9.17) is 0 Å². The summed E-state index contributed by atoms with van der Waals surface area (Å²) in [6.45, 7) is 0. The first kappa shape index (κ1) is 11.5. The highest BCUT2D eigenvalue weighted by atomic mass is 15.2. The number of hydrogen-bond donors (Lipinski definition) is 0. The van der Waals surface area contributed by atoms with Crippen LogP contribution < -0.4 is 0 Å². The Hall–Kier alpha value is -2.16. The first-order chi connectivity index (χ1) is 10.4. The van der Waals surface area contributed by atoms with Gasteiger partial charge in [-0.2, -0.15) is 5.10 Å². The summed E-state index contributed by atoms with van der Waals surface area (Å²) in [5.74, 6) is 2.10. The first-order valence-electron chi connectivity index (χ1n) is 7.78. The number of nitrogens with zero attached hydrogens (tertiary/aromatic N) is 3. The Morgan fingerprint density at radius 1 is 0.905 bits per heavy atom. The molecule has 0 spiro atoms. The zero-order chi connectivity index (χ0) is 13.8. The fourth-order valence-electron chi connectivity index (χ4n) is 3.49. The third kappa shape index (κ3) is 1.88. The van der Waals surface area contributed by atoms with Crippen molar-refractivity contribution in [3.8, 4) is 0 Å². The molecule has 0 radical (unpaired) electrons. The van der Waals surface area contributed by atoms with Gasteiger partial charge in [0.1, 0.15) is 0 Å². The Morgan fingerprint density at radius 2 is 1.71 bits per heavy atom. The predicted octanol–water partition coefficient (Wildman–Crippen LogP) is 3.88. The second-order valence-electron chi connectivity index (χ2n) is 6.37. The highest BCUT2D eigenvalue weighted by Gasteiger charge is 2.41. The standard InChI is InChI=1S/C18H17N3/c1-2-12(1)13-3-5-14(6-4-13)16-11-17(16)15-7-8-20-21-10-9-19-18(15)21/h3-10,12,16-17H,1-2,11H2/t16-,17-/m1/s1. The minimum absolute atomic E-state index is 0.602. The van der Waals surface area contributed by atoms with Crippen molar-refractivity contribution >= 4 is 5.65 Å². The molecule has 3 heteroatoms. The Morgan fingerprint density at radius 3 is 2.52 bits per heavy atom. The lowest BCUT2D eigenvalue weighted by Crippen LogP contribution is -1.95. The van der Waals surface area contributed by atoms with Crippen molar-refractivity contribution in [2.24, 2.45) is 0 Å². The molecule has 2 aromatic heterocycles. The number of aromatic nitrogens is 3. The quantitative estimate of drug-likeness (QED) is 0.726. The molecule has 2 aliphatic carbocycles. The van der Waals surface area contributed by atoms with E-state index in [0.717, 1.165) is 11.6 Å². The van der Waals surface area contributed by atoms with E-state index in [2.05, 4.69) is 40.4 Å². The average Bonchev–Trinajstić information content (AvgIpc) is 3.44. The smallest absolute Gasteiger partial charge is 0.156 e. The van der Waals surface area contributed by atoms with Crippen LogP contribution in [-0.4, -0.2) is 14.6 Å². The van der Waals surface area contributed by atoms with Crippen molar-refractivity contribution in [2.75, 3.05) is 0 Å². The Bertz CT molecular complexity index is 799. The largest absolute Gasteiger partial charge is 0.235 e. The Labute approximate surface area is 123 Å². The van der Waals surface area contributed by atoms with Crippen LogP contribution in [0.3, 0.4) is 0 Å². The number of hydrogen-bond acceptors (Lipinski definition) is 2. The van der Waals surface area contributed by atoms with Crippen molar-refractivity contribution < 1.29 is 0 Å². The van der Waals surface area contributed by atoms with Crippen LogP contribution in [0.5, 0.6) is 0 Å². The second kappa shape index (κ2) is 4.17. The molecule has 0 saturated heterocycles. The number of fused-ring (bicyclic) bond motifs is 1. The van der Waals surface area contributed by atoms with E-state index in [1.54, 1.807) is 0 Å². The highest BCUT2D eigenvalue weighted by molar-refractivity contribution is 5.52. The number of benzene rings is 1. The van der Waals surface area contributed by atoms with Crippen molar-refractivity contribution in [1.82, 2.24) is 14.6 Å². The molecule has 2 heterocycles. The van der Waals surface area contributed by atoms with Gasteiger partial charge in [0.05, 0.1) is 0 Å². The van der Waals surface area contributed by atoms with Gasteiger partial charge in [-0.15, -0.1) is 0 Å². The Kier molecular flexibility index (Phi) is 2.28. The summed E-state index contributed by atoms with van der Waals surface area (Å²) in [5, 5.41) is 4.30.